The highest BCUT2D eigenvalue weighted by molar-refractivity contribution is 6.31. The number of anilines is 1. The molecule has 1 aliphatic heterocycles. The number of hydrogen-bond acceptors (Lipinski definition) is 6. The van der Waals surface area contributed by atoms with Crippen molar-refractivity contribution in [3.63, 3.8) is 0 Å². The SMILES string of the molecule is O=C(CCNc1ncccn1)NCC(c1ccccc1Cl)N1CCOCC1. The molecule has 1 aromatic heterocycles. The van der Waals surface area contributed by atoms with E-state index in [0.29, 0.717) is 43.7 Å². The van der Waals surface area contributed by atoms with Crippen LogP contribution < -0.4 is 10.6 Å². The molecule has 2 N–H and O–H groups in total. The van der Waals surface area contributed by atoms with Gasteiger partial charge in [-0.05, 0) is 17.7 Å². The quantitative estimate of drug-likeness (QED) is 0.720. The number of amides is 1. The van der Waals surface area contributed by atoms with Crippen molar-refractivity contribution in [1.82, 2.24) is 20.2 Å². The molecule has 1 aromatic carbocycles. The van der Waals surface area contributed by atoms with Crippen molar-refractivity contribution < 1.29 is 9.53 Å². The van der Waals surface area contributed by atoms with Crippen molar-refractivity contribution in [1.29, 1.82) is 0 Å². The summed E-state index contributed by atoms with van der Waals surface area (Å²) in [7, 11) is 0. The van der Waals surface area contributed by atoms with E-state index < -0.39 is 0 Å². The Morgan fingerprint density at radius 3 is 2.67 bits per heavy atom. The molecule has 27 heavy (non-hydrogen) atoms. The van der Waals surface area contributed by atoms with Crippen molar-refractivity contribution in [3.8, 4) is 0 Å². The Hall–Kier alpha value is -2.22. The smallest absolute Gasteiger partial charge is 0.222 e. The molecular formula is C19H24ClN5O2. The van der Waals surface area contributed by atoms with Gasteiger partial charge in [0.25, 0.3) is 0 Å². The minimum atomic E-state index is -0.0243. The molecule has 0 spiro atoms. The molecule has 144 valence electrons. The third-order valence-corrected chi connectivity index (χ3v) is 4.79. The molecule has 1 saturated heterocycles. The number of ether oxygens (including phenoxy) is 1. The van der Waals surface area contributed by atoms with Crippen molar-refractivity contribution in [2.24, 2.45) is 0 Å². The first-order chi connectivity index (χ1) is 13.2. The molecule has 7 nitrogen and oxygen atoms in total. The summed E-state index contributed by atoms with van der Waals surface area (Å²) in [6, 6.07) is 9.56. The van der Waals surface area contributed by atoms with Crippen LogP contribution in [0.15, 0.2) is 42.7 Å². The monoisotopic (exact) mass is 389 g/mol. The van der Waals surface area contributed by atoms with Gasteiger partial charge in [-0.15, -0.1) is 0 Å². The number of hydrogen-bond donors (Lipinski definition) is 2. The van der Waals surface area contributed by atoms with Crippen LogP contribution in [-0.2, 0) is 9.53 Å². The molecule has 1 atom stereocenters. The number of morpholine rings is 1. The molecule has 1 amide bonds. The molecule has 1 unspecified atom stereocenters. The largest absolute Gasteiger partial charge is 0.379 e. The number of nitrogens with one attached hydrogen (secondary N) is 2. The lowest BCUT2D eigenvalue weighted by Gasteiger charge is -2.35. The van der Waals surface area contributed by atoms with E-state index in [1.165, 1.54) is 0 Å². The van der Waals surface area contributed by atoms with E-state index in [2.05, 4.69) is 25.5 Å². The number of nitrogens with zero attached hydrogens (tertiary/aromatic N) is 3. The fourth-order valence-electron chi connectivity index (χ4n) is 3.05. The Bertz CT molecular complexity index is 725. The molecular weight excluding hydrogens is 366 g/mol. The molecule has 8 heteroatoms. The van der Waals surface area contributed by atoms with Gasteiger partial charge in [-0.2, -0.15) is 0 Å². The number of halogens is 1. The van der Waals surface area contributed by atoms with E-state index in [0.717, 1.165) is 18.7 Å². The third-order valence-electron chi connectivity index (χ3n) is 4.44. The summed E-state index contributed by atoms with van der Waals surface area (Å²) in [5.74, 6) is 0.497. The van der Waals surface area contributed by atoms with E-state index in [4.69, 9.17) is 16.3 Å². The molecule has 1 fully saturated rings. The second-order valence-corrected chi connectivity index (χ2v) is 6.65. The third kappa shape index (κ3) is 5.89. The van der Waals surface area contributed by atoms with Crippen molar-refractivity contribution in [3.05, 3.63) is 53.3 Å². The zero-order chi connectivity index (χ0) is 18.9. The van der Waals surface area contributed by atoms with Gasteiger partial charge in [-0.3, -0.25) is 9.69 Å². The van der Waals surface area contributed by atoms with Crippen LogP contribution in [0.4, 0.5) is 5.95 Å². The molecule has 0 radical (unpaired) electrons. The predicted octanol–water partition coefficient (Wildman–Crippen LogP) is 2.12. The highest BCUT2D eigenvalue weighted by Crippen LogP contribution is 2.27. The lowest BCUT2D eigenvalue weighted by atomic mass is 10.0. The van der Waals surface area contributed by atoms with Crippen LogP contribution >= 0.6 is 11.6 Å². The van der Waals surface area contributed by atoms with Gasteiger partial charge < -0.3 is 15.4 Å². The number of rotatable bonds is 8. The Balaban J connectivity index is 1.54. The Morgan fingerprint density at radius 2 is 1.93 bits per heavy atom. The van der Waals surface area contributed by atoms with Crippen molar-refractivity contribution in [2.75, 3.05) is 44.7 Å². The van der Waals surface area contributed by atoms with Crippen LogP contribution in [0.5, 0.6) is 0 Å². The van der Waals surface area contributed by atoms with Crippen LogP contribution in [0.2, 0.25) is 5.02 Å². The van der Waals surface area contributed by atoms with Crippen LogP contribution in [0.1, 0.15) is 18.0 Å². The van der Waals surface area contributed by atoms with Crippen LogP contribution in [0.3, 0.4) is 0 Å². The lowest BCUT2D eigenvalue weighted by molar-refractivity contribution is -0.121. The summed E-state index contributed by atoms with van der Waals surface area (Å²) < 4.78 is 5.45. The average Bonchev–Trinajstić information content (AvgIpc) is 2.71. The number of carbonyl (C=O) groups is 1. The fraction of sp³-hybridized carbons (Fsp3) is 0.421. The second-order valence-electron chi connectivity index (χ2n) is 6.24. The minimum absolute atomic E-state index is 0.0243. The summed E-state index contributed by atoms with van der Waals surface area (Å²) in [6.45, 7) is 4.00. The summed E-state index contributed by atoms with van der Waals surface area (Å²) in [5.41, 5.74) is 1.03. The predicted molar refractivity (Wildman–Crippen MR) is 105 cm³/mol. The maximum atomic E-state index is 12.3. The highest BCUT2D eigenvalue weighted by atomic mass is 35.5. The normalized spacial score (nSPS) is 15.9. The van der Waals surface area contributed by atoms with Gasteiger partial charge >= 0.3 is 0 Å². The maximum Gasteiger partial charge on any atom is 0.222 e. The topological polar surface area (TPSA) is 79.4 Å². The summed E-state index contributed by atoms with van der Waals surface area (Å²) >= 11 is 6.41. The van der Waals surface area contributed by atoms with Gasteiger partial charge in [-0.25, -0.2) is 9.97 Å². The van der Waals surface area contributed by atoms with Crippen LogP contribution in [0, 0.1) is 0 Å². The van der Waals surface area contributed by atoms with Gasteiger partial charge in [0, 0.05) is 50.0 Å². The summed E-state index contributed by atoms with van der Waals surface area (Å²) in [5, 5.41) is 6.78. The highest BCUT2D eigenvalue weighted by Gasteiger charge is 2.24. The second kappa shape index (κ2) is 10.2. The lowest BCUT2D eigenvalue weighted by Crippen LogP contribution is -2.44. The molecule has 3 rings (SSSR count). The molecule has 0 bridgehead atoms. The molecule has 0 aliphatic carbocycles. The molecule has 0 saturated carbocycles. The zero-order valence-corrected chi connectivity index (χ0v) is 15.9. The maximum absolute atomic E-state index is 12.3. The fourth-order valence-corrected chi connectivity index (χ4v) is 3.31. The molecule has 2 heterocycles. The zero-order valence-electron chi connectivity index (χ0n) is 15.1. The van der Waals surface area contributed by atoms with Crippen molar-refractivity contribution >= 4 is 23.5 Å². The standard InChI is InChI=1S/C19H24ClN5O2/c20-16-5-2-1-4-15(16)17(25-10-12-27-13-11-25)14-24-18(26)6-9-23-19-21-7-3-8-22-19/h1-5,7-8,17H,6,9-14H2,(H,24,26)(H,21,22,23). The van der Waals surface area contributed by atoms with E-state index >= 15 is 0 Å². The first kappa shape index (κ1) is 19.5. The minimum Gasteiger partial charge on any atom is -0.379 e. The van der Waals surface area contributed by atoms with E-state index in [1.807, 2.05) is 24.3 Å². The molecule has 2 aromatic rings. The number of benzene rings is 1. The van der Waals surface area contributed by atoms with Crippen LogP contribution in [0.25, 0.3) is 0 Å². The Kier molecular flexibility index (Phi) is 7.38. The van der Waals surface area contributed by atoms with Gasteiger partial charge in [0.15, 0.2) is 0 Å². The van der Waals surface area contributed by atoms with Gasteiger partial charge in [0.1, 0.15) is 0 Å². The van der Waals surface area contributed by atoms with E-state index in [9.17, 15) is 4.79 Å². The van der Waals surface area contributed by atoms with Crippen molar-refractivity contribution in [2.45, 2.75) is 12.5 Å². The van der Waals surface area contributed by atoms with Gasteiger partial charge in [0.2, 0.25) is 11.9 Å². The Morgan fingerprint density at radius 1 is 1.19 bits per heavy atom. The van der Waals surface area contributed by atoms with Gasteiger partial charge in [-0.1, -0.05) is 29.8 Å². The summed E-state index contributed by atoms with van der Waals surface area (Å²) in [4.78, 5) is 22.7. The number of aromatic nitrogens is 2. The number of carbonyl (C=O) groups excluding carboxylic acids is 1. The summed E-state index contributed by atoms with van der Waals surface area (Å²) in [6.07, 6.45) is 3.66. The van der Waals surface area contributed by atoms with E-state index in [-0.39, 0.29) is 11.9 Å². The first-order valence-electron chi connectivity index (χ1n) is 9.08. The average molecular weight is 390 g/mol. The van der Waals surface area contributed by atoms with Gasteiger partial charge in [0.05, 0.1) is 19.3 Å². The Labute approximate surface area is 164 Å². The van der Waals surface area contributed by atoms with Crippen LogP contribution in [-0.4, -0.2) is 60.2 Å². The first-order valence-corrected chi connectivity index (χ1v) is 9.45. The van der Waals surface area contributed by atoms with E-state index in [1.54, 1.807) is 18.5 Å². The molecule has 1 aliphatic rings.